The van der Waals surface area contributed by atoms with Crippen molar-refractivity contribution in [3.63, 3.8) is 0 Å². The van der Waals surface area contributed by atoms with Crippen molar-refractivity contribution in [1.29, 1.82) is 0 Å². The molecular formula is C18H20O. The van der Waals surface area contributed by atoms with Crippen LogP contribution < -0.4 is 0 Å². The van der Waals surface area contributed by atoms with Crippen LogP contribution in [0.2, 0.25) is 0 Å². The van der Waals surface area contributed by atoms with Gasteiger partial charge >= 0.3 is 0 Å². The minimum Gasteiger partial charge on any atom is -0.303 e. The van der Waals surface area contributed by atoms with Crippen LogP contribution >= 0.6 is 0 Å². The lowest BCUT2D eigenvalue weighted by atomic mass is 9.90. The predicted molar refractivity (Wildman–Crippen MR) is 80.4 cm³/mol. The molecule has 2 aromatic rings. The maximum atomic E-state index is 10.5. The average Bonchev–Trinajstić information content (AvgIpc) is 2.45. The summed E-state index contributed by atoms with van der Waals surface area (Å²) in [6.45, 7) is 4.43. The highest BCUT2D eigenvalue weighted by molar-refractivity contribution is 5.69. The lowest BCUT2D eigenvalue weighted by Gasteiger charge is -2.14. The molecule has 98 valence electrons. The van der Waals surface area contributed by atoms with E-state index in [9.17, 15) is 4.79 Å². The number of hydrogen-bond acceptors (Lipinski definition) is 1. The molecule has 0 radical (unpaired) electrons. The van der Waals surface area contributed by atoms with Crippen molar-refractivity contribution < 1.29 is 4.79 Å². The molecule has 0 aliphatic carbocycles. The molecule has 0 saturated carbocycles. The van der Waals surface area contributed by atoms with E-state index in [1.54, 1.807) is 0 Å². The molecule has 1 heteroatoms. The van der Waals surface area contributed by atoms with E-state index in [4.69, 9.17) is 0 Å². The van der Waals surface area contributed by atoms with E-state index in [0.717, 1.165) is 12.7 Å². The van der Waals surface area contributed by atoms with Crippen LogP contribution in [0.15, 0.2) is 48.5 Å². The number of carbonyl (C=O) groups excluding carboxylic acids is 1. The largest absolute Gasteiger partial charge is 0.303 e. The van der Waals surface area contributed by atoms with Gasteiger partial charge in [-0.2, -0.15) is 0 Å². The first kappa shape index (κ1) is 13.5. The summed E-state index contributed by atoms with van der Waals surface area (Å²) >= 11 is 0. The van der Waals surface area contributed by atoms with Crippen LogP contribution in [-0.2, 0) is 11.2 Å². The first-order valence-electron chi connectivity index (χ1n) is 6.84. The maximum absolute atomic E-state index is 10.5. The van der Waals surface area contributed by atoms with Crippen LogP contribution in [0.4, 0.5) is 0 Å². The molecular weight excluding hydrogens is 232 g/mol. The molecule has 0 spiro atoms. The van der Waals surface area contributed by atoms with Gasteiger partial charge in [-0.25, -0.2) is 0 Å². The van der Waals surface area contributed by atoms with E-state index in [-0.39, 0.29) is 0 Å². The van der Waals surface area contributed by atoms with Gasteiger partial charge in [0.1, 0.15) is 6.29 Å². The molecule has 2 aromatic carbocycles. The van der Waals surface area contributed by atoms with Crippen LogP contribution in [-0.4, -0.2) is 6.29 Å². The first-order valence-corrected chi connectivity index (χ1v) is 6.84. The average molecular weight is 252 g/mol. The third-order valence-electron chi connectivity index (χ3n) is 3.38. The highest BCUT2D eigenvalue weighted by Crippen LogP contribution is 2.30. The molecule has 19 heavy (non-hydrogen) atoms. The van der Waals surface area contributed by atoms with Crippen LogP contribution in [0.1, 0.15) is 37.3 Å². The molecule has 0 amide bonds. The van der Waals surface area contributed by atoms with E-state index >= 15 is 0 Å². The number of hydrogen-bond donors (Lipinski definition) is 0. The fourth-order valence-electron chi connectivity index (χ4n) is 2.36. The molecule has 0 saturated heterocycles. The standard InChI is InChI=1S/C18H20O/c1-14(2)17-11-10-15(7-6-12-19)13-18(17)16-8-4-3-5-9-16/h3-5,8-14H,6-7H2,1-2H3. The highest BCUT2D eigenvalue weighted by atomic mass is 16.1. The van der Waals surface area contributed by atoms with Crippen LogP contribution in [0.3, 0.4) is 0 Å². The zero-order chi connectivity index (χ0) is 13.7. The second-order valence-electron chi connectivity index (χ2n) is 5.15. The molecule has 0 aliphatic rings. The van der Waals surface area contributed by atoms with E-state index in [1.807, 2.05) is 6.07 Å². The minimum absolute atomic E-state index is 0.496. The number of aryl methyl sites for hydroxylation is 1. The quantitative estimate of drug-likeness (QED) is 0.710. The maximum Gasteiger partial charge on any atom is 0.120 e. The Bertz CT molecular complexity index is 541. The second kappa shape index (κ2) is 6.33. The molecule has 0 N–H and O–H groups in total. The molecule has 0 unspecified atom stereocenters. The van der Waals surface area contributed by atoms with Gasteiger partial charge in [0.15, 0.2) is 0 Å². The van der Waals surface area contributed by atoms with Gasteiger partial charge in [-0.3, -0.25) is 0 Å². The van der Waals surface area contributed by atoms with Crippen molar-refractivity contribution >= 4 is 6.29 Å². The second-order valence-corrected chi connectivity index (χ2v) is 5.15. The number of aldehydes is 1. The minimum atomic E-state index is 0.496. The van der Waals surface area contributed by atoms with Crippen molar-refractivity contribution in [2.24, 2.45) is 0 Å². The molecule has 0 aliphatic heterocycles. The number of rotatable bonds is 5. The summed E-state index contributed by atoms with van der Waals surface area (Å²) in [4.78, 5) is 10.5. The van der Waals surface area contributed by atoms with Crippen molar-refractivity contribution in [3.8, 4) is 11.1 Å². The Kier molecular flexibility index (Phi) is 4.51. The lowest BCUT2D eigenvalue weighted by Crippen LogP contribution is -1.95. The Morgan fingerprint density at radius 3 is 2.42 bits per heavy atom. The fraction of sp³-hybridized carbons (Fsp3) is 0.278. The van der Waals surface area contributed by atoms with Gasteiger partial charge < -0.3 is 4.79 Å². The van der Waals surface area contributed by atoms with E-state index in [1.165, 1.54) is 22.3 Å². The summed E-state index contributed by atoms with van der Waals surface area (Å²) in [5.41, 5.74) is 5.13. The summed E-state index contributed by atoms with van der Waals surface area (Å²) in [6.07, 6.45) is 2.40. The van der Waals surface area contributed by atoms with Crippen LogP contribution in [0.25, 0.3) is 11.1 Å². The third-order valence-corrected chi connectivity index (χ3v) is 3.38. The predicted octanol–water partition coefficient (Wildman–Crippen LogP) is 4.61. The molecule has 1 nitrogen and oxygen atoms in total. The topological polar surface area (TPSA) is 17.1 Å². The summed E-state index contributed by atoms with van der Waals surface area (Å²) in [5.74, 6) is 0.496. The third kappa shape index (κ3) is 3.31. The first-order chi connectivity index (χ1) is 9.22. The van der Waals surface area contributed by atoms with Crippen molar-refractivity contribution in [2.75, 3.05) is 0 Å². The number of carbonyl (C=O) groups is 1. The summed E-state index contributed by atoms with van der Waals surface area (Å²) < 4.78 is 0. The van der Waals surface area contributed by atoms with Crippen molar-refractivity contribution in [1.82, 2.24) is 0 Å². The number of benzene rings is 2. The van der Waals surface area contributed by atoms with Gasteiger partial charge in [0.05, 0.1) is 0 Å². The summed E-state index contributed by atoms with van der Waals surface area (Å²) in [7, 11) is 0. The normalized spacial score (nSPS) is 10.7. The molecule has 2 rings (SSSR count). The lowest BCUT2D eigenvalue weighted by molar-refractivity contribution is -0.107. The Hall–Kier alpha value is -1.89. The highest BCUT2D eigenvalue weighted by Gasteiger charge is 2.09. The van der Waals surface area contributed by atoms with E-state index < -0.39 is 0 Å². The molecule has 0 aromatic heterocycles. The van der Waals surface area contributed by atoms with Gasteiger partial charge in [-0.05, 0) is 34.6 Å². The smallest absolute Gasteiger partial charge is 0.120 e. The SMILES string of the molecule is CC(C)c1ccc(CCC=O)cc1-c1ccccc1. The van der Waals surface area contributed by atoms with Gasteiger partial charge in [0.2, 0.25) is 0 Å². The van der Waals surface area contributed by atoms with Gasteiger partial charge in [-0.15, -0.1) is 0 Å². The summed E-state index contributed by atoms with van der Waals surface area (Å²) in [6, 6.07) is 17.0. The van der Waals surface area contributed by atoms with Gasteiger partial charge in [-0.1, -0.05) is 62.4 Å². The zero-order valence-corrected chi connectivity index (χ0v) is 11.6. The Labute approximate surface area is 115 Å². The van der Waals surface area contributed by atoms with Crippen molar-refractivity contribution in [2.45, 2.75) is 32.6 Å². The zero-order valence-electron chi connectivity index (χ0n) is 11.6. The Morgan fingerprint density at radius 1 is 1.05 bits per heavy atom. The molecule has 0 fully saturated rings. The van der Waals surface area contributed by atoms with E-state index in [2.05, 4.69) is 56.3 Å². The Morgan fingerprint density at radius 2 is 1.79 bits per heavy atom. The molecule has 0 heterocycles. The van der Waals surface area contributed by atoms with Gasteiger partial charge in [0, 0.05) is 6.42 Å². The van der Waals surface area contributed by atoms with Gasteiger partial charge in [0.25, 0.3) is 0 Å². The van der Waals surface area contributed by atoms with E-state index in [0.29, 0.717) is 12.3 Å². The van der Waals surface area contributed by atoms with Crippen molar-refractivity contribution in [3.05, 3.63) is 59.7 Å². The Balaban J connectivity index is 2.45. The molecule has 0 bridgehead atoms. The van der Waals surface area contributed by atoms with Crippen LogP contribution in [0.5, 0.6) is 0 Å². The monoisotopic (exact) mass is 252 g/mol. The molecule has 0 atom stereocenters. The fourth-order valence-corrected chi connectivity index (χ4v) is 2.36. The summed E-state index contributed by atoms with van der Waals surface area (Å²) in [5, 5.41) is 0. The van der Waals surface area contributed by atoms with Crippen LogP contribution in [0, 0.1) is 0 Å².